The SMILES string of the molecule is CN(C)C[C@H]1CN(c2ccc3c(c2)Cn2cc(-c4ccc(F)cc4)cc2-c2nccn2-3)C[C@H]1F. The second-order valence-electron chi connectivity index (χ2n) is 9.63. The van der Waals surface area contributed by atoms with Crippen molar-refractivity contribution < 1.29 is 8.78 Å². The lowest BCUT2D eigenvalue weighted by Gasteiger charge is -2.21. The van der Waals surface area contributed by atoms with Crippen molar-refractivity contribution in [1.29, 1.82) is 0 Å². The predicted molar refractivity (Wildman–Crippen MR) is 131 cm³/mol. The Hall–Kier alpha value is -3.45. The molecule has 0 unspecified atom stereocenters. The number of anilines is 1. The van der Waals surface area contributed by atoms with Crippen LogP contribution in [0.5, 0.6) is 0 Å². The molecule has 1 saturated heterocycles. The van der Waals surface area contributed by atoms with Gasteiger partial charge in [0.05, 0.1) is 11.4 Å². The minimum atomic E-state index is -0.823. The van der Waals surface area contributed by atoms with Crippen molar-refractivity contribution in [3.05, 3.63) is 78.5 Å². The summed E-state index contributed by atoms with van der Waals surface area (Å²) >= 11 is 0. The molecule has 0 N–H and O–H groups in total. The van der Waals surface area contributed by atoms with E-state index in [0.717, 1.165) is 52.7 Å². The summed E-state index contributed by atoms with van der Waals surface area (Å²) in [6.45, 7) is 2.58. The molecule has 5 nitrogen and oxygen atoms in total. The van der Waals surface area contributed by atoms with Gasteiger partial charge in [-0.1, -0.05) is 12.1 Å². The molecule has 4 heterocycles. The topological polar surface area (TPSA) is 29.2 Å². The zero-order chi connectivity index (χ0) is 23.4. The van der Waals surface area contributed by atoms with Crippen LogP contribution in [-0.2, 0) is 6.54 Å². The van der Waals surface area contributed by atoms with Crippen LogP contribution in [-0.4, -0.2) is 58.9 Å². The highest BCUT2D eigenvalue weighted by Gasteiger charge is 2.33. The number of halogens is 2. The Morgan fingerprint density at radius 1 is 1.03 bits per heavy atom. The van der Waals surface area contributed by atoms with Crippen LogP contribution in [0.1, 0.15) is 5.56 Å². The van der Waals surface area contributed by atoms with E-state index in [1.54, 1.807) is 12.1 Å². The number of benzene rings is 2. The van der Waals surface area contributed by atoms with Gasteiger partial charge in [-0.05, 0) is 61.6 Å². The van der Waals surface area contributed by atoms with E-state index in [0.29, 0.717) is 13.1 Å². The van der Waals surface area contributed by atoms with Crippen molar-refractivity contribution in [1.82, 2.24) is 19.0 Å². The summed E-state index contributed by atoms with van der Waals surface area (Å²) in [5.74, 6) is 0.644. The molecule has 2 aliphatic heterocycles. The van der Waals surface area contributed by atoms with E-state index in [1.165, 1.54) is 12.1 Å². The van der Waals surface area contributed by atoms with E-state index in [-0.39, 0.29) is 11.7 Å². The standard InChI is InChI=1S/C27H27F2N5/c1-31(2)13-21-16-32(17-24(21)29)23-7-8-25-20(11-23)15-33-14-19(18-3-5-22(28)6-4-18)12-26(33)27-30-9-10-34(25)27/h3-12,14,21,24H,13,15-17H2,1-2H3/t21-,24+/m0/s1. The zero-order valence-corrected chi connectivity index (χ0v) is 19.3. The van der Waals surface area contributed by atoms with Crippen LogP contribution in [0.4, 0.5) is 14.5 Å². The van der Waals surface area contributed by atoms with Gasteiger partial charge in [0, 0.05) is 61.9 Å². The second kappa shape index (κ2) is 8.09. The monoisotopic (exact) mass is 459 g/mol. The number of rotatable bonds is 4. The summed E-state index contributed by atoms with van der Waals surface area (Å²) in [4.78, 5) is 8.87. The fraction of sp³-hybridized carbons (Fsp3) is 0.296. The molecular formula is C27H27F2N5. The van der Waals surface area contributed by atoms with Gasteiger partial charge in [0.15, 0.2) is 5.82 Å². The zero-order valence-electron chi connectivity index (χ0n) is 19.3. The summed E-state index contributed by atoms with van der Waals surface area (Å²) in [6, 6.07) is 15.1. The van der Waals surface area contributed by atoms with Crippen molar-refractivity contribution in [3.8, 4) is 28.3 Å². The maximum Gasteiger partial charge on any atom is 0.161 e. The highest BCUT2D eigenvalue weighted by atomic mass is 19.1. The molecular weight excluding hydrogens is 432 g/mol. The third-order valence-corrected chi connectivity index (χ3v) is 6.93. The Bertz CT molecular complexity index is 1340. The number of aromatic nitrogens is 3. The van der Waals surface area contributed by atoms with E-state index in [2.05, 4.69) is 54.4 Å². The van der Waals surface area contributed by atoms with Gasteiger partial charge in [-0.2, -0.15) is 0 Å². The second-order valence-corrected chi connectivity index (χ2v) is 9.63. The molecule has 2 aromatic carbocycles. The molecule has 174 valence electrons. The van der Waals surface area contributed by atoms with E-state index >= 15 is 0 Å². The lowest BCUT2D eigenvalue weighted by atomic mass is 10.1. The van der Waals surface area contributed by atoms with Crippen molar-refractivity contribution in [2.45, 2.75) is 12.7 Å². The molecule has 4 aromatic rings. The van der Waals surface area contributed by atoms with Gasteiger partial charge in [0.25, 0.3) is 0 Å². The predicted octanol–water partition coefficient (Wildman–Crippen LogP) is 4.84. The first kappa shape index (κ1) is 21.1. The maximum atomic E-state index is 14.7. The molecule has 6 rings (SSSR count). The Morgan fingerprint density at radius 2 is 1.85 bits per heavy atom. The van der Waals surface area contributed by atoms with Crippen molar-refractivity contribution in [3.63, 3.8) is 0 Å². The van der Waals surface area contributed by atoms with Crippen molar-refractivity contribution in [2.75, 3.05) is 38.6 Å². The Kier molecular flexibility index (Phi) is 5.03. The number of nitrogens with zero attached hydrogens (tertiary/aromatic N) is 5. The molecule has 2 atom stereocenters. The quantitative estimate of drug-likeness (QED) is 0.385. The van der Waals surface area contributed by atoms with Gasteiger partial charge >= 0.3 is 0 Å². The van der Waals surface area contributed by atoms with Gasteiger partial charge < -0.3 is 14.4 Å². The minimum Gasteiger partial charge on any atom is -0.368 e. The fourth-order valence-electron chi connectivity index (χ4n) is 5.31. The molecule has 0 amide bonds. The molecule has 34 heavy (non-hydrogen) atoms. The smallest absolute Gasteiger partial charge is 0.161 e. The van der Waals surface area contributed by atoms with Crippen molar-refractivity contribution >= 4 is 5.69 Å². The van der Waals surface area contributed by atoms with Gasteiger partial charge in [-0.3, -0.25) is 4.57 Å². The van der Waals surface area contributed by atoms with Crippen LogP contribution < -0.4 is 4.90 Å². The number of hydrogen-bond acceptors (Lipinski definition) is 3. The first-order chi connectivity index (χ1) is 16.5. The highest BCUT2D eigenvalue weighted by molar-refractivity contribution is 5.72. The normalized spacial score (nSPS) is 19.1. The van der Waals surface area contributed by atoms with E-state index in [9.17, 15) is 8.78 Å². The molecule has 0 radical (unpaired) electrons. The fourth-order valence-corrected chi connectivity index (χ4v) is 5.31. The van der Waals surface area contributed by atoms with Crippen LogP contribution in [0.15, 0.2) is 67.1 Å². The molecule has 0 spiro atoms. The van der Waals surface area contributed by atoms with Gasteiger partial charge in [0.2, 0.25) is 0 Å². The molecule has 7 heteroatoms. The third-order valence-electron chi connectivity index (χ3n) is 6.93. The first-order valence-electron chi connectivity index (χ1n) is 11.6. The summed E-state index contributed by atoms with van der Waals surface area (Å²) in [5, 5.41) is 0. The van der Waals surface area contributed by atoms with E-state index in [4.69, 9.17) is 0 Å². The largest absolute Gasteiger partial charge is 0.368 e. The molecule has 2 aromatic heterocycles. The van der Waals surface area contributed by atoms with Crippen LogP contribution in [0.25, 0.3) is 28.3 Å². The number of hydrogen-bond donors (Lipinski definition) is 0. The Balaban J connectivity index is 1.37. The average Bonchev–Trinajstić information content (AvgIpc) is 3.52. The maximum absolute atomic E-state index is 14.7. The minimum absolute atomic E-state index is 0.0170. The van der Waals surface area contributed by atoms with Crippen LogP contribution in [0.3, 0.4) is 0 Å². The Morgan fingerprint density at radius 3 is 2.65 bits per heavy atom. The molecule has 0 aliphatic carbocycles. The third kappa shape index (κ3) is 3.60. The summed E-state index contributed by atoms with van der Waals surface area (Å²) in [6.07, 6.45) is 5.07. The van der Waals surface area contributed by atoms with Crippen LogP contribution >= 0.6 is 0 Å². The Labute approximate surface area is 197 Å². The molecule has 2 aliphatic rings. The van der Waals surface area contributed by atoms with Gasteiger partial charge in [0.1, 0.15) is 12.0 Å². The van der Waals surface area contributed by atoms with Crippen LogP contribution in [0, 0.1) is 11.7 Å². The number of fused-ring (bicyclic) bond motifs is 5. The van der Waals surface area contributed by atoms with Crippen molar-refractivity contribution in [2.24, 2.45) is 5.92 Å². The van der Waals surface area contributed by atoms with E-state index < -0.39 is 6.17 Å². The lowest BCUT2D eigenvalue weighted by molar-refractivity contribution is 0.231. The molecule has 1 fully saturated rings. The first-order valence-corrected chi connectivity index (χ1v) is 11.6. The highest BCUT2D eigenvalue weighted by Crippen LogP contribution is 2.36. The van der Waals surface area contributed by atoms with Crippen LogP contribution in [0.2, 0.25) is 0 Å². The van der Waals surface area contributed by atoms with E-state index in [1.807, 2.05) is 26.5 Å². The molecule has 0 saturated carbocycles. The lowest BCUT2D eigenvalue weighted by Crippen LogP contribution is -2.28. The number of alkyl halides is 1. The molecule has 0 bridgehead atoms. The summed E-state index contributed by atoms with van der Waals surface area (Å²) < 4.78 is 32.5. The van der Waals surface area contributed by atoms with Gasteiger partial charge in [-0.15, -0.1) is 0 Å². The summed E-state index contributed by atoms with van der Waals surface area (Å²) in [7, 11) is 3.99. The summed E-state index contributed by atoms with van der Waals surface area (Å²) in [5.41, 5.74) is 6.30. The number of imidazole rings is 1. The average molecular weight is 460 g/mol. The van der Waals surface area contributed by atoms with Gasteiger partial charge in [-0.25, -0.2) is 13.8 Å².